The molecule has 3 aromatic rings. The zero-order valence-corrected chi connectivity index (χ0v) is 18.2. The Bertz CT molecular complexity index is 1270. The quantitative estimate of drug-likeness (QED) is 0.432. The summed E-state index contributed by atoms with van der Waals surface area (Å²) in [7, 11) is 0. The number of fused-ring (bicyclic) bond motifs is 1. The third-order valence-electron chi connectivity index (χ3n) is 6.23. The molecule has 4 rings (SSSR count). The molecule has 0 saturated carbocycles. The molecule has 2 amide bonds. The summed E-state index contributed by atoms with van der Waals surface area (Å²) < 4.78 is 94.0. The Morgan fingerprint density at radius 2 is 1.72 bits per heavy atom. The Labute approximate surface area is 198 Å². The van der Waals surface area contributed by atoms with Crippen LogP contribution in [-0.2, 0) is 17.8 Å². The number of aliphatic hydroxyl groups excluding tert-OH is 1. The second-order valence-electron chi connectivity index (χ2n) is 8.33. The largest absolute Gasteiger partial charge is 0.435 e. The third-order valence-corrected chi connectivity index (χ3v) is 6.23. The Balaban J connectivity index is 1.80. The van der Waals surface area contributed by atoms with Crippen molar-refractivity contribution >= 4 is 17.5 Å². The first-order chi connectivity index (χ1) is 16.8. The lowest BCUT2D eigenvalue weighted by molar-refractivity contribution is -0.142. The number of carbonyl (C=O) groups is 1. The normalized spacial score (nSPS) is 18.1. The maximum absolute atomic E-state index is 13.6. The molecule has 2 atom stereocenters. The van der Waals surface area contributed by atoms with Gasteiger partial charge in [0.2, 0.25) is 0 Å². The lowest BCUT2D eigenvalue weighted by atomic mass is 9.69. The number of nitrogens with zero attached hydrogens (tertiary/aromatic N) is 4. The molecular weight excluding hydrogens is 501 g/mol. The molecule has 1 fully saturated rings. The summed E-state index contributed by atoms with van der Waals surface area (Å²) in [5, 5.41) is 16.4. The minimum absolute atomic E-state index is 0.245. The van der Waals surface area contributed by atoms with E-state index in [-0.39, 0.29) is 13.1 Å². The lowest BCUT2D eigenvalue weighted by Crippen LogP contribution is -2.65. The zero-order valence-electron chi connectivity index (χ0n) is 18.2. The topological polar surface area (TPSA) is 109 Å². The average molecular weight is 520 g/mol. The van der Waals surface area contributed by atoms with Gasteiger partial charge in [0.25, 0.3) is 0 Å². The number of likely N-dealkylation sites (tertiary alicyclic amines) is 1. The van der Waals surface area contributed by atoms with Crippen molar-refractivity contribution in [3.63, 3.8) is 0 Å². The number of urea groups is 1. The molecule has 1 aromatic carbocycles. The van der Waals surface area contributed by atoms with E-state index in [0.29, 0.717) is 28.6 Å². The van der Waals surface area contributed by atoms with Crippen molar-refractivity contribution in [1.82, 2.24) is 19.5 Å². The first-order valence-electron chi connectivity index (χ1n) is 10.5. The van der Waals surface area contributed by atoms with Gasteiger partial charge in [0.15, 0.2) is 17.0 Å². The van der Waals surface area contributed by atoms with E-state index >= 15 is 0 Å². The number of amides is 2. The number of primary amides is 1. The van der Waals surface area contributed by atoms with Gasteiger partial charge >= 0.3 is 18.4 Å². The maximum atomic E-state index is 13.6. The summed E-state index contributed by atoms with van der Waals surface area (Å²) in [6.07, 6.45) is -9.58. The van der Waals surface area contributed by atoms with E-state index in [4.69, 9.17) is 5.73 Å². The highest BCUT2D eigenvalue weighted by molar-refractivity contribution is 5.73. The number of alkyl halides is 6. The van der Waals surface area contributed by atoms with E-state index in [9.17, 15) is 40.6 Å². The molecule has 8 nitrogen and oxygen atoms in total. The van der Waals surface area contributed by atoms with E-state index in [1.165, 1.54) is 17.0 Å². The molecule has 0 bridgehead atoms. The van der Waals surface area contributed by atoms with Crippen LogP contribution >= 0.6 is 0 Å². The highest BCUT2D eigenvalue weighted by atomic mass is 19.4. The Morgan fingerprint density at radius 1 is 1.08 bits per heavy atom. The van der Waals surface area contributed by atoms with Crippen LogP contribution in [0.4, 0.5) is 41.3 Å². The van der Waals surface area contributed by atoms with E-state index in [1.54, 1.807) is 0 Å². The molecule has 36 heavy (non-hydrogen) atoms. The maximum Gasteiger partial charge on any atom is 0.435 e. The molecule has 2 aromatic heterocycles. The van der Waals surface area contributed by atoms with Gasteiger partial charge in [-0.25, -0.2) is 14.2 Å². The number of halogens is 7. The highest BCUT2D eigenvalue weighted by Gasteiger charge is 2.49. The van der Waals surface area contributed by atoms with Gasteiger partial charge in [-0.15, -0.1) is 0 Å². The number of nitrogens with one attached hydrogen (secondary N) is 1. The number of anilines is 1. The van der Waals surface area contributed by atoms with Gasteiger partial charge in [-0.1, -0.05) is 12.1 Å². The molecule has 1 saturated heterocycles. The van der Waals surface area contributed by atoms with Crippen LogP contribution in [0.15, 0.2) is 36.4 Å². The zero-order chi connectivity index (χ0) is 26.5. The number of aromatic nitrogens is 3. The van der Waals surface area contributed by atoms with Crippen molar-refractivity contribution in [1.29, 1.82) is 0 Å². The molecule has 2 unspecified atom stereocenters. The predicted molar refractivity (Wildman–Crippen MR) is 111 cm³/mol. The highest BCUT2D eigenvalue weighted by Crippen LogP contribution is 2.39. The third kappa shape index (κ3) is 4.50. The van der Waals surface area contributed by atoms with Gasteiger partial charge in [0, 0.05) is 31.3 Å². The first kappa shape index (κ1) is 25.5. The van der Waals surface area contributed by atoms with Crippen LogP contribution in [-0.4, -0.2) is 56.4 Å². The van der Waals surface area contributed by atoms with Crippen LogP contribution in [0.3, 0.4) is 0 Å². The van der Waals surface area contributed by atoms with E-state index < -0.39 is 65.1 Å². The van der Waals surface area contributed by atoms with Crippen molar-refractivity contribution in [3.05, 3.63) is 59.2 Å². The molecule has 0 spiro atoms. The van der Waals surface area contributed by atoms with Crippen molar-refractivity contribution < 1.29 is 40.6 Å². The fraction of sp³-hybridized carbons (Fsp3) is 0.381. The van der Waals surface area contributed by atoms with E-state index in [1.807, 2.05) is 0 Å². The van der Waals surface area contributed by atoms with Crippen molar-refractivity contribution in [2.24, 2.45) is 5.73 Å². The summed E-state index contributed by atoms with van der Waals surface area (Å²) in [4.78, 5) is 16.4. The smallest absolute Gasteiger partial charge is 0.395 e. The van der Waals surface area contributed by atoms with Gasteiger partial charge in [0.05, 0.1) is 12.0 Å². The minimum Gasteiger partial charge on any atom is -0.395 e. The van der Waals surface area contributed by atoms with E-state index in [2.05, 4.69) is 15.4 Å². The van der Waals surface area contributed by atoms with Crippen LogP contribution in [0.5, 0.6) is 0 Å². The number of carbonyl (C=O) groups excluding carboxylic acids is 1. The Hall–Kier alpha value is -3.62. The lowest BCUT2D eigenvalue weighted by Gasteiger charge is -2.51. The van der Waals surface area contributed by atoms with Crippen LogP contribution in [0.2, 0.25) is 0 Å². The fourth-order valence-electron chi connectivity index (χ4n) is 4.30. The molecule has 1 aliphatic heterocycles. The number of nitrogens with two attached hydrogens (primary N) is 1. The summed E-state index contributed by atoms with van der Waals surface area (Å²) in [5.41, 5.74) is 0.692. The summed E-state index contributed by atoms with van der Waals surface area (Å²) in [6.45, 7) is -0.788. The van der Waals surface area contributed by atoms with Crippen molar-refractivity contribution in [2.45, 2.75) is 30.2 Å². The Kier molecular flexibility index (Phi) is 6.22. The first-order valence-corrected chi connectivity index (χ1v) is 10.5. The number of rotatable bonds is 6. The molecule has 0 radical (unpaired) electrons. The fourth-order valence-corrected chi connectivity index (χ4v) is 4.30. The van der Waals surface area contributed by atoms with Crippen molar-refractivity contribution in [3.8, 4) is 0 Å². The van der Waals surface area contributed by atoms with Crippen LogP contribution < -0.4 is 11.1 Å². The molecule has 1 aliphatic rings. The second kappa shape index (κ2) is 8.80. The predicted octanol–water partition coefficient (Wildman–Crippen LogP) is 3.40. The Morgan fingerprint density at radius 3 is 2.22 bits per heavy atom. The molecule has 3 heterocycles. The second-order valence-corrected chi connectivity index (χ2v) is 8.33. The number of hydrogen-bond acceptors (Lipinski definition) is 5. The van der Waals surface area contributed by atoms with E-state index in [0.717, 1.165) is 12.1 Å². The van der Waals surface area contributed by atoms with Gasteiger partial charge in [-0.05, 0) is 24.1 Å². The van der Waals surface area contributed by atoms with Gasteiger partial charge in [0.1, 0.15) is 11.6 Å². The SMILES string of the molecule is NC(=O)N1CCC1C(CO)(CNc1cc(C(F)(F)F)nc2cc(C(F)(F)F)nn12)c1ccc(F)cc1. The standard InChI is InChI=1S/C21H19F7N6O2/c22-12-3-1-11(2-4-12)19(10-35,15-5-6-33(15)18(29)36)9-30-16-7-13(20(23,24)25)31-17-8-14(21(26,27)28)32-34(16)17/h1-4,7-8,15,30,35H,5-6,9-10H2,(H2,29,36). The molecule has 0 aliphatic carbocycles. The summed E-state index contributed by atoms with van der Waals surface area (Å²) in [5.74, 6) is -1.09. The van der Waals surface area contributed by atoms with Crippen LogP contribution in [0.1, 0.15) is 23.4 Å². The number of hydrogen-bond donors (Lipinski definition) is 3. The van der Waals surface area contributed by atoms with Crippen LogP contribution in [0, 0.1) is 5.82 Å². The number of benzene rings is 1. The molecule has 194 valence electrons. The van der Waals surface area contributed by atoms with Crippen LogP contribution in [0.25, 0.3) is 5.65 Å². The van der Waals surface area contributed by atoms with Gasteiger partial charge in [-0.3, -0.25) is 0 Å². The average Bonchev–Trinajstić information content (AvgIpc) is 3.20. The molecular formula is C21H19F7N6O2. The molecule has 15 heteroatoms. The van der Waals surface area contributed by atoms with Gasteiger partial charge < -0.3 is 21.1 Å². The van der Waals surface area contributed by atoms with Crippen molar-refractivity contribution in [2.75, 3.05) is 25.0 Å². The van der Waals surface area contributed by atoms with Gasteiger partial charge in [-0.2, -0.15) is 36.0 Å². The molecule has 4 N–H and O–H groups in total. The monoisotopic (exact) mass is 520 g/mol. The summed E-state index contributed by atoms with van der Waals surface area (Å²) >= 11 is 0. The number of aliphatic hydroxyl groups is 1. The summed E-state index contributed by atoms with van der Waals surface area (Å²) in [6, 6.07) is 4.19. The minimum atomic E-state index is -4.98.